The van der Waals surface area contributed by atoms with Gasteiger partial charge in [-0.2, -0.15) is 0 Å². The molecule has 1 aliphatic rings. The van der Waals surface area contributed by atoms with Crippen molar-refractivity contribution in [3.63, 3.8) is 0 Å². The normalized spacial score (nSPS) is 14.9. The third-order valence-corrected chi connectivity index (χ3v) is 8.98. The number of benzene rings is 1. The smallest absolute Gasteiger partial charge is 0.410 e. The van der Waals surface area contributed by atoms with Gasteiger partial charge in [-0.1, -0.05) is 19.9 Å². The van der Waals surface area contributed by atoms with Crippen LogP contribution >= 0.6 is 0 Å². The quantitative estimate of drug-likeness (QED) is 0.185. The van der Waals surface area contributed by atoms with Crippen LogP contribution < -0.4 is 16.0 Å². The molecule has 1 amide bonds. The van der Waals surface area contributed by atoms with E-state index >= 15 is 4.39 Å². The lowest BCUT2D eigenvalue weighted by molar-refractivity contribution is -0.385. The van der Waals surface area contributed by atoms with Crippen molar-refractivity contribution < 1.29 is 28.9 Å². The number of aliphatic hydroxyl groups is 1. The summed E-state index contributed by atoms with van der Waals surface area (Å²) in [5, 5.41) is 35.2. The number of nitro benzene ring substituents is 1. The van der Waals surface area contributed by atoms with Crippen molar-refractivity contribution in [1.29, 1.82) is 0 Å². The average molecular weight is 722 g/mol. The number of hydrogen-bond acceptors (Lipinski definition) is 11. The Morgan fingerprint density at radius 3 is 2.21 bits per heavy atom. The van der Waals surface area contributed by atoms with E-state index in [2.05, 4.69) is 4.98 Å². The van der Waals surface area contributed by atoms with Crippen LogP contribution in [0.3, 0.4) is 0 Å². The fraction of sp³-hybridized carbons (Fsp3) is 0.429. The number of fused-ring (bicyclic) bond motifs is 1. The van der Waals surface area contributed by atoms with E-state index in [4.69, 9.17) is 4.74 Å². The summed E-state index contributed by atoms with van der Waals surface area (Å²) in [4.78, 5) is 73.4. The van der Waals surface area contributed by atoms with Crippen LogP contribution in [0.2, 0.25) is 0 Å². The summed E-state index contributed by atoms with van der Waals surface area (Å²) >= 11 is 0. The van der Waals surface area contributed by atoms with Gasteiger partial charge >= 0.3 is 17.3 Å². The molecule has 1 fully saturated rings. The molecule has 3 aromatic heterocycles. The summed E-state index contributed by atoms with van der Waals surface area (Å²) < 4.78 is 22.9. The number of halogens is 1. The lowest BCUT2D eigenvalue weighted by atomic mass is 10.0. The largest absolute Gasteiger partial charge is 0.444 e. The number of aliphatic hydroxyl groups excluding tert-OH is 1. The SMILES string of the molecule is CCc1cncc(CC)c1-n1c(=O)c([N+](=O)[O-])c(N2CCN(C(=O)OC(C)(C)C)C[C@@H]2CCO)c2cc(C)n(-c3c(F)cccc3[N+](=O)[O-])c(=O)c21. The van der Waals surface area contributed by atoms with Crippen molar-refractivity contribution in [2.45, 2.75) is 72.4 Å². The Bertz CT molecular complexity index is 2190. The maximum atomic E-state index is 15.6. The van der Waals surface area contributed by atoms with Crippen LogP contribution in [-0.4, -0.2) is 77.9 Å². The Balaban J connectivity index is 1.95. The van der Waals surface area contributed by atoms with Gasteiger partial charge in [0, 0.05) is 61.8 Å². The zero-order chi connectivity index (χ0) is 38.2. The average Bonchev–Trinajstić information content (AvgIpc) is 3.07. The van der Waals surface area contributed by atoms with Crippen molar-refractivity contribution in [3.05, 3.63) is 100 Å². The highest BCUT2D eigenvalue weighted by Gasteiger charge is 2.39. The van der Waals surface area contributed by atoms with Gasteiger partial charge in [0.05, 0.1) is 15.5 Å². The summed E-state index contributed by atoms with van der Waals surface area (Å²) in [5.74, 6) is -1.08. The molecule has 1 atom stereocenters. The molecule has 4 heterocycles. The van der Waals surface area contributed by atoms with E-state index < -0.39 is 61.6 Å². The molecule has 17 heteroatoms. The zero-order valence-corrected chi connectivity index (χ0v) is 29.7. The summed E-state index contributed by atoms with van der Waals surface area (Å²) in [7, 11) is 0. The van der Waals surface area contributed by atoms with Crippen LogP contribution in [-0.2, 0) is 17.6 Å². The molecule has 1 N–H and O–H groups in total. The number of carbonyl (C=O) groups is 1. The Morgan fingerprint density at radius 2 is 1.65 bits per heavy atom. The number of pyridine rings is 3. The van der Waals surface area contributed by atoms with Crippen LogP contribution in [0.5, 0.6) is 0 Å². The number of amides is 1. The standard InChI is InChI=1S/C35H40FN7O9/c1-7-21-17-37-18-22(8-2)27(21)41-29-24(16-20(3)40(32(29)45)30-25(36)10-9-11-26(30)42(48)49)28(31(33(41)46)43(50)51)39-14-13-38(19-23(39)12-15-44)34(47)52-35(4,5)6/h9-11,16-18,23,44H,7-8,12-15,19H2,1-6H3/t23-/m0/s1. The summed E-state index contributed by atoms with van der Waals surface area (Å²) in [6, 6.07) is 3.71. The Morgan fingerprint density at radius 1 is 1.00 bits per heavy atom. The summed E-state index contributed by atoms with van der Waals surface area (Å²) in [6.45, 7) is 9.62. The molecular weight excluding hydrogens is 681 g/mol. The Kier molecular flexibility index (Phi) is 10.5. The monoisotopic (exact) mass is 721 g/mol. The molecule has 1 aromatic carbocycles. The van der Waals surface area contributed by atoms with E-state index in [0.717, 1.165) is 27.3 Å². The molecule has 16 nitrogen and oxygen atoms in total. The second kappa shape index (κ2) is 14.5. The lowest BCUT2D eigenvalue weighted by Gasteiger charge is -2.42. The predicted molar refractivity (Wildman–Crippen MR) is 190 cm³/mol. The molecule has 0 aliphatic carbocycles. The number of nitrogens with zero attached hydrogens (tertiary/aromatic N) is 7. The summed E-state index contributed by atoms with van der Waals surface area (Å²) in [5.41, 5.74) is -4.75. The lowest BCUT2D eigenvalue weighted by Crippen LogP contribution is -2.56. The number of piperazine rings is 1. The molecule has 0 radical (unpaired) electrons. The topological polar surface area (TPSA) is 196 Å². The maximum absolute atomic E-state index is 15.6. The number of hydrogen-bond donors (Lipinski definition) is 1. The van der Waals surface area contributed by atoms with Gasteiger partial charge in [-0.25, -0.2) is 9.18 Å². The number of aromatic nitrogens is 3. The van der Waals surface area contributed by atoms with Crippen molar-refractivity contribution in [3.8, 4) is 11.4 Å². The van der Waals surface area contributed by atoms with Crippen molar-refractivity contribution >= 4 is 34.1 Å². The van der Waals surface area contributed by atoms with E-state index in [0.29, 0.717) is 24.0 Å². The minimum atomic E-state index is -1.17. The molecule has 0 saturated carbocycles. The first kappa shape index (κ1) is 37.5. The first-order chi connectivity index (χ1) is 24.6. The highest BCUT2D eigenvalue weighted by atomic mass is 19.1. The Labute approximate surface area is 297 Å². The van der Waals surface area contributed by atoms with Gasteiger partial charge in [-0.3, -0.25) is 43.9 Å². The fourth-order valence-corrected chi connectivity index (χ4v) is 6.76. The van der Waals surface area contributed by atoms with E-state index in [1.807, 2.05) is 0 Å². The van der Waals surface area contributed by atoms with Crippen molar-refractivity contribution in [1.82, 2.24) is 19.0 Å². The van der Waals surface area contributed by atoms with Crippen LogP contribution in [0.25, 0.3) is 22.3 Å². The first-order valence-corrected chi connectivity index (χ1v) is 16.8. The number of rotatable bonds is 9. The van der Waals surface area contributed by atoms with Gasteiger partial charge in [0.15, 0.2) is 11.5 Å². The molecule has 0 bridgehead atoms. The third kappa shape index (κ3) is 6.70. The second-order valence-electron chi connectivity index (χ2n) is 13.4. The molecule has 0 unspecified atom stereocenters. The van der Waals surface area contributed by atoms with Gasteiger partial charge in [-0.15, -0.1) is 0 Å². The van der Waals surface area contributed by atoms with E-state index in [-0.39, 0.29) is 60.6 Å². The molecular formula is C35H40FN7O9. The number of anilines is 1. The van der Waals surface area contributed by atoms with Gasteiger partial charge in [0.25, 0.3) is 11.2 Å². The number of carbonyl (C=O) groups excluding carboxylic acids is 1. The highest BCUT2D eigenvalue weighted by molar-refractivity contribution is 5.98. The van der Waals surface area contributed by atoms with Crippen LogP contribution in [0.4, 0.5) is 26.2 Å². The minimum absolute atomic E-state index is 0.0142. The number of nitro groups is 2. The van der Waals surface area contributed by atoms with E-state index in [9.17, 15) is 39.7 Å². The minimum Gasteiger partial charge on any atom is -0.444 e. The van der Waals surface area contributed by atoms with Gasteiger partial charge < -0.3 is 19.6 Å². The summed E-state index contributed by atoms with van der Waals surface area (Å²) in [6.07, 6.45) is 2.96. The predicted octanol–water partition coefficient (Wildman–Crippen LogP) is 4.73. The number of ether oxygens (including phenoxy) is 1. The molecule has 4 aromatic rings. The first-order valence-electron chi connectivity index (χ1n) is 16.8. The van der Waals surface area contributed by atoms with Crippen LogP contribution in [0.1, 0.15) is 57.9 Å². The van der Waals surface area contributed by atoms with Gasteiger partial charge in [0.2, 0.25) is 0 Å². The molecule has 276 valence electrons. The zero-order valence-electron chi connectivity index (χ0n) is 29.7. The van der Waals surface area contributed by atoms with E-state index in [1.165, 1.54) is 35.2 Å². The van der Waals surface area contributed by atoms with Crippen molar-refractivity contribution in [2.24, 2.45) is 0 Å². The highest BCUT2D eigenvalue weighted by Crippen LogP contribution is 2.39. The number of para-hydroxylation sites is 1. The van der Waals surface area contributed by atoms with Gasteiger partial charge in [0.1, 0.15) is 16.8 Å². The maximum Gasteiger partial charge on any atom is 0.410 e. The molecule has 1 saturated heterocycles. The van der Waals surface area contributed by atoms with Crippen LogP contribution in [0.15, 0.2) is 46.2 Å². The van der Waals surface area contributed by atoms with E-state index in [1.54, 1.807) is 34.6 Å². The fourth-order valence-electron chi connectivity index (χ4n) is 6.76. The third-order valence-electron chi connectivity index (χ3n) is 8.98. The molecule has 0 spiro atoms. The molecule has 1 aliphatic heterocycles. The number of aryl methyl sites for hydroxylation is 3. The Hall–Kier alpha value is -5.71. The second-order valence-corrected chi connectivity index (χ2v) is 13.4. The van der Waals surface area contributed by atoms with Crippen LogP contribution in [0, 0.1) is 33.0 Å². The van der Waals surface area contributed by atoms with Crippen molar-refractivity contribution in [2.75, 3.05) is 31.1 Å². The molecule has 52 heavy (non-hydrogen) atoms. The molecule has 5 rings (SSSR count). The van der Waals surface area contributed by atoms with Gasteiger partial charge in [-0.05, 0) is 70.2 Å².